The van der Waals surface area contributed by atoms with Gasteiger partial charge in [0.25, 0.3) is 10.0 Å². The Morgan fingerprint density at radius 3 is 2.24 bits per heavy atom. The number of ether oxygens (including phenoxy) is 2. The molecular formula is C14H16N2O4S. The van der Waals surface area contributed by atoms with Crippen LogP contribution in [0.2, 0.25) is 0 Å². The van der Waals surface area contributed by atoms with E-state index in [0.29, 0.717) is 22.9 Å². The molecule has 0 bridgehead atoms. The fourth-order valence-electron chi connectivity index (χ4n) is 1.73. The normalized spacial score (nSPS) is 11.0. The Kier molecular flexibility index (Phi) is 4.23. The Morgan fingerprint density at radius 2 is 1.67 bits per heavy atom. The van der Waals surface area contributed by atoms with Gasteiger partial charge in [-0.1, -0.05) is 0 Å². The fraction of sp³-hybridized carbons (Fsp3) is 0.143. The van der Waals surface area contributed by atoms with Crippen molar-refractivity contribution < 1.29 is 17.9 Å². The molecule has 7 heteroatoms. The third-order valence-electron chi connectivity index (χ3n) is 2.84. The summed E-state index contributed by atoms with van der Waals surface area (Å²) in [6.07, 6.45) is 0. The highest BCUT2D eigenvalue weighted by atomic mass is 32.2. The second-order valence-corrected chi connectivity index (χ2v) is 5.92. The van der Waals surface area contributed by atoms with Crippen LogP contribution in [0.4, 0.5) is 11.4 Å². The van der Waals surface area contributed by atoms with E-state index in [1.807, 2.05) is 0 Å². The average Bonchev–Trinajstić information content (AvgIpc) is 2.47. The molecule has 0 atom stereocenters. The number of anilines is 2. The maximum Gasteiger partial charge on any atom is 0.262 e. The zero-order valence-corrected chi connectivity index (χ0v) is 12.5. The Hall–Kier alpha value is -2.41. The number of nitrogens with one attached hydrogen (secondary N) is 1. The first-order valence-corrected chi connectivity index (χ1v) is 7.55. The van der Waals surface area contributed by atoms with Crippen molar-refractivity contribution in [3.05, 3.63) is 42.5 Å². The third-order valence-corrected chi connectivity index (χ3v) is 4.22. The molecule has 0 saturated heterocycles. The van der Waals surface area contributed by atoms with Crippen LogP contribution in [0.15, 0.2) is 47.4 Å². The molecule has 2 aromatic rings. The van der Waals surface area contributed by atoms with Crippen molar-refractivity contribution in [2.24, 2.45) is 0 Å². The number of benzene rings is 2. The molecule has 3 N–H and O–H groups in total. The maximum absolute atomic E-state index is 12.3. The Bertz CT molecular complexity index is 727. The Balaban J connectivity index is 2.34. The van der Waals surface area contributed by atoms with Crippen LogP contribution >= 0.6 is 0 Å². The summed E-state index contributed by atoms with van der Waals surface area (Å²) in [7, 11) is -0.734. The third kappa shape index (κ3) is 3.38. The van der Waals surface area contributed by atoms with Gasteiger partial charge in [-0.2, -0.15) is 0 Å². The molecule has 6 nitrogen and oxygen atoms in total. The molecule has 0 amide bonds. The van der Waals surface area contributed by atoms with Crippen molar-refractivity contribution in [2.75, 3.05) is 24.7 Å². The lowest BCUT2D eigenvalue weighted by molar-refractivity contribution is 0.395. The van der Waals surface area contributed by atoms with Crippen LogP contribution in [-0.2, 0) is 10.0 Å². The smallest absolute Gasteiger partial charge is 0.262 e. The van der Waals surface area contributed by atoms with Crippen molar-refractivity contribution in [1.82, 2.24) is 0 Å². The van der Waals surface area contributed by atoms with Crippen LogP contribution in [-0.4, -0.2) is 22.6 Å². The van der Waals surface area contributed by atoms with E-state index >= 15 is 0 Å². The van der Waals surface area contributed by atoms with E-state index in [-0.39, 0.29) is 4.90 Å². The lowest BCUT2D eigenvalue weighted by Crippen LogP contribution is -2.13. The predicted molar refractivity (Wildman–Crippen MR) is 81.2 cm³/mol. The second-order valence-electron chi connectivity index (χ2n) is 4.24. The van der Waals surface area contributed by atoms with Gasteiger partial charge >= 0.3 is 0 Å². The zero-order valence-electron chi connectivity index (χ0n) is 11.7. The van der Waals surface area contributed by atoms with Gasteiger partial charge in [0, 0.05) is 11.8 Å². The van der Waals surface area contributed by atoms with E-state index in [1.54, 1.807) is 18.2 Å². The number of nitrogens with two attached hydrogens (primary N) is 1. The summed E-state index contributed by atoms with van der Waals surface area (Å²) in [6.45, 7) is 0. The molecule has 21 heavy (non-hydrogen) atoms. The molecule has 0 unspecified atom stereocenters. The van der Waals surface area contributed by atoms with E-state index in [2.05, 4.69) is 4.72 Å². The quantitative estimate of drug-likeness (QED) is 0.825. The van der Waals surface area contributed by atoms with Gasteiger partial charge in [-0.25, -0.2) is 8.42 Å². The molecule has 0 aromatic heterocycles. The van der Waals surface area contributed by atoms with E-state index < -0.39 is 10.0 Å². The molecule has 2 rings (SSSR count). The SMILES string of the molecule is COc1ccc(NS(=O)(=O)c2ccc(N)cc2)c(OC)c1. The first-order chi connectivity index (χ1) is 9.96. The van der Waals surface area contributed by atoms with Gasteiger partial charge in [0.1, 0.15) is 11.5 Å². The largest absolute Gasteiger partial charge is 0.497 e. The van der Waals surface area contributed by atoms with Gasteiger partial charge in [0.2, 0.25) is 0 Å². The molecular weight excluding hydrogens is 292 g/mol. The van der Waals surface area contributed by atoms with Gasteiger partial charge in [-0.15, -0.1) is 0 Å². The topological polar surface area (TPSA) is 90.7 Å². The molecule has 2 aromatic carbocycles. The molecule has 0 radical (unpaired) electrons. The van der Waals surface area contributed by atoms with Crippen molar-refractivity contribution in [3.63, 3.8) is 0 Å². The highest BCUT2D eigenvalue weighted by molar-refractivity contribution is 7.92. The van der Waals surface area contributed by atoms with Gasteiger partial charge in [0.15, 0.2) is 0 Å². The predicted octanol–water partition coefficient (Wildman–Crippen LogP) is 2.09. The van der Waals surface area contributed by atoms with Crippen LogP contribution in [0.5, 0.6) is 11.5 Å². The summed E-state index contributed by atoms with van der Waals surface area (Å²) in [6, 6.07) is 10.7. The van der Waals surface area contributed by atoms with Crippen LogP contribution < -0.4 is 19.9 Å². The summed E-state index contributed by atoms with van der Waals surface area (Å²) < 4.78 is 37.3. The average molecular weight is 308 g/mol. The summed E-state index contributed by atoms with van der Waals surface area (Å²) in [4.78, 5) is 0.120. The number of hydrogen-bond donors (Lipinski definition) is 2. The van der Waals surface area contributed by atoms with E-state index in [1.165, 1.54) is 38.5 Å². The van der Waals surface area contributed by atoms with Crippen LogP contribution in [0.25, 0.3) is 0 Å². The standard InChI is InChI=1S/C14H16N2O4S/c1-19-11-5-8-13(14(9-11)20-2)16-21(17,18)12-6-3-10(15)4-7-12/h3-9,16H,15H2,1-2H3. The number of sulfonamides is 1. The molecule has 0 aliphatic heterocycles. The first-order valence-electron chi connectivity index (χ1n) is 6.06. The molecule has 0 aliphatic rings. The van der Waals surface area contributed by atoms with E-state index in [4.69, 9.17) is 15.2 Å². The minimum atomic E-state index is -3.71. The van der Waals surface area contributed by atoms with Crippen molar-refractivity contribution in [2.45, 2.75) is 4.90 Å². The molecule has 0 saturated carbocycles. The number of nitrogen functional groups attached to an aromatic ring is 1. The molecule has 0 spiro atoms. The van der Waals surface area contributed by atoms with Gasteiger partial charge in [0.05, 0.1) is 24.8 Å². The molecule has 0 aliphatic carbocycles. The molecule has 112 valence electrons. The maximum atomic E-state index is 12.3. The summed E-state index contributed by atoms with van der Waals surface area (Å²) >= 11 is 0. The van der Waals surface area contributed by atoms with Crippen LogP contribution in [0, 0.1) is 0 Å². The van der Waals surface area contributed by atoms with Crippen molar-refractivity contribution in [3.8, 4) is 11.5 Å². The van der Waals surface area contributed by atoms with Gasteiger partial charge in [-0.3, -0.25) is 4.72 Å². The first kappa shape index (κ1) is 15.0. The van der Waals surface area contributed by atoms with Crippen LogP contribution in [0.1, 0.15) is 0 Å². The number of hydrogen-bond acceptors (Lipinski definition) is 5. The Labute approximate surface area is 123 Å². The number of rotatable bonds is 5. The highest BCUT2D eigenvalue weighted by Gasteiger charge is 2.16. The second kappa shape index (κ2) is 5.92. The minimum Gasteiger partial charge on any atom is -0.497 e. The summed E-state index contributed by atoms with van der Waals surface area (Å²) in [5, 5.41) is 0. The summed E-state index contributed by atoms with van der Waals surface area (Å²) in [5.41, 5.74) is 6.38. The van der Waals surface area contributed by atoms with E-state index in [9.17, 15) is 8.42 Å². The Morgan fingerprint density at radius 1 is 1.00 bits per heavy atom. The van der Waals surface area contributed by atoms with Gasteiger partial charge < -0.3 is 15.2 Å². The fourth-order valence-corrected chi connectivity index (χ4v) is 2.80. The highest BCUT2D eigenvalue weighted by Crippen LogP contribution is 2.30. The zero-order chi connectivity index (χ0) is 15.5. The lowest BCUT2D eigenvalue weighted by Gasteiger charge is -2.13. The number of methoxy groups -OCH3 is 2. The monoisotopic (exact) mass is 308 g/mol. The van der Waals surface area contributed by atoms with E-state index in [0.717, 1.165) is 0 Å². The van der Waals surface area contributed by atoms with Gasteiger partial charge in [-0.05, 0) is 36.4 Å². The summed E-state index contributed by atoms with van der Waals surface area (Å²) in [5.74, 6) is 0.940. The van der Waals surface area contributed by atoms with Crippen molar-refractivity contribution >= 4 is 21.4 Å². The molecule has 0 heterocycles. The van der Waals surface area contributed by atoms with Crippen molar-refractivity contribution in [1.29, 1.82) is 0 Å². The molecule has 0 fully saturated rings. The van der Waals surface area contributed by atoms with Crippen LogP contribution in [0.3, 0.4) is 0 Å². The minimum absolute atomic E-state index is 0.120. The lowest BCUT2D eigenvalue weighted by atomic mass is 10.3.